The smallest absolute Gasteiger partial charge is 0.335 e. The molecule has 1 saturated heterocycles. The predicted octanol–water partition coefficient (Wildman–Crippen LogP) is 4.37. The third-order valence-electron chi connectivity index (χ3n) is 4.75. The van der Waals surface area contributed by atoms with Crippen LogP contribution >= 0.6 is 15.9 Å². The van der Waals surface area contributed by atoms with E-state index in [0.717, 1.165) is 16.1 Å². The molecule has 0 saturated carbocycles. The fraction of sp³-hybridized carbons (Fsp3) is 0.300. The Labute approximate surface area is 169 Å². The van der Waals surface area contributed by atoms with Crippen molar-refractivity contribution in [3.05, 3.63) is 69.2 Å². The van der Waals surface area contributed by atoms with Gasteiger partial charge in [0, 0.05) is 36.2 Å². The molecular weight excluding hydrogens is 437 g/mol. The highest BCUT2D eigenvalue weighted by atomic mass is 79.9. The summed E-state index contributed by atoms with van der Waals surface area (Å²) in [6.45, 7) is 2.75. The maximum Gasteiger partial charge on any atom is 0.417 e. The number of hydrogen-bond acceptors (Lipinski definition) is 2. The minimum atomic E-state index is -4.59. The first-order valence-corrected chi connectivity index (χ1v) is 9.48. The van der Waals surface area contributed by atoms with E-state index < -0.39 is 17.6 Å². The van der Waals surface area contributed by atoms with Crippen LogP contribution in [0.25, 0.3) is 0 Å². The molecule has 0 atom stereocenters. The summed E-state index contributed by atoms with van der Waals surface area (Å²) in [5, 5.41) is 0. The molecule has 0 bridgehead atoms. The Balaban J connectivity index is 1.72. The SMILES string of the molecule is Cc1ccc(Br)cc1C(=O)N1CCN(C(=O)c2ccccc2C(F)(F)F)CC1. The molecule has 0 spiro atoms. The van der Waals surface area contributed by atoms with Gasteiger partial charge in [-0.25, -0.2) is 0 Å². The van der Waals surface area contributed by atoms with Gasteiger partial charge in [-0.3, -0.25) is 9.59 Å². The van der Waals surface area contributed by atoms with Crippen LogP contribution in [0.15, 0.2) is 46.9 Å². The quantitative estimate of drug-likeness (QED) is 0.675. The van der Waals surface area contributed by atoms with E-state index in [1.807, 2.05) is 19.1 Å². The molecule has 0 unspecified atom stereocenters. The fourth-order valence-electron chi connectivity index (χ4n) is 3.19. The summed E-state index contributed by atoms with van der Waals surface area (Å²) in [4.78, 5) is 28.4. The zero-order valence-electron chi connectivity index (χ0n) is 15.1. The number of piperazine rings is 1. The molecule has 2 aromatic rings. The van der Waals surface area contributed by atoms with Crippen molar-refractivity contribution in [2.45, 2.75) is 13.1 Å². The van der Waals surface area contributed by atoms with E-state index in [1.165, 1.54) is 23.1 Å². The number of carbonyl (C=O) groups excluding carboxylic acids is 2. The number of alkyl halides is 3. The number of benzene rings is 2. The lowest BCUT2D eigenvalue weighted by Crippen LogP contribution is -2.51. The Morgan fingerprint density at radius 1 is 0.893 bits per heavy atom. The molecule has 8 heteroatoms. The summed E-state index contributed by atoms with van der Waals surface area (Å²) in [5.41, 5.74) is 0.100. The monoisotopic (exact) mass is 454 g/mol. The van der Waals surface area contributed by atoms with Gasteiger partial charge in [0.2, 0.25) is 0 Å². The van der Waals surface area contributed by atoms with Gasteiger partial charge in [0.1, 0.15) is 0 Å². The first-order chi connectivity index (χ1) is 13.2. The molecular formula is C20H18BrF3N2O2. The van der Waals surface area contributed by atoms with Crippen LogP contribution in [0.1, 0.15) is 31.8 Å². The maximum atomic E-state index is 13.2. The van der Waals surface area contributed by atoms with Crippen LogP contribution in [-0.4, -0.2) is 47.8 Å². The molecule has 4 nitrogen and oxygen atoms in total. The van der Waals surface area contributed by atoms with Gasteiger partial charge >= 0.3 is 6.18 Å². The lowest BCUT2D eigenvalue weighted by atomic mass is 10.0. The normalized spacial score (nSPS) is 14.9. The van der Waals surface area contributed by atoms with Crippen molar-refractivity contribution < 1.29 is 22.8 Å². The van der Waals surface area contributed by atoms with Crippen LogP contribution in [0.3, 0.4) is 0 Å². The van der Waals surface area contributed by atoms with Crippen molar-refractivity contribution in [3.8, 4) is 0 Å². The number of nitrogens with zero attached hydrogens (tertiary/aromatic N) is 2. The van der Waals surface area contributed by atoms with Crippen LogP contribution in [-0.2, 0) is 6.18 Å². The van der Waals surface area contributed by atoms with Gasteiger partial charge in [-0.05, 0) is 36.8 Å². The maximum absolute atomic E-state index is 13.2. The van der Waals surface area contributed by atoms with Crippen molar-refractivity contribution in [2.24, 2.45) is 0 Å². The van der Waals surface area contributed by atoms with E-state index in [0.29, 0.717) is 5.56 Å². The van der Waals surface area contributed by atoms with E-state index in [1.54, 1.807) is 11.0 Å². The predicted molar refractivity (Wildman–Crippen MR) is 102 cm³/mol. The van der Waals surface area contributed by atoms with Crippen LogP contribution in [0.4, 0.5) is 13.2 Å². The van der Waals surface area contributed by atoms with Crippen molar-refractivity contribution >= 4 is 27.7 Å². The number of carbonyl (C=O) groups is 2. The van der Waals surface area contributed by atoms with Crippen molar-refractivity contribution in [2.75, 3.05) is 26.2 Å². The number of amides is 2. The van der Waals surface area contributed by atoms with E-state index >= 15 is 0 Å². The Hall–Kier alpha value is -2.35. The second kappa shape index (κ2) is 7.95. The van der Waals surface area contributed by atoms with Gasteiger partial charge in [-0.15, -0.1) is 0 Å². The molecule has 28 heavy (non-hydrogen) atoms. The van der Waals surface area contributed by atoms with E-state index in [4.69, 9.17) is 0 Å². The molecule has 148 valence electrons. The van der Waals surface area contributed by atoms with E-state index in [2.05, 4.69) is 15.9 Å². The van der Waals surface area contributed by atoms with Gasteiger partial charge in [0.05, 0.1) is 11.1 Å². The molecule has 2 amide bonds. The molecule has 1 heterocycles. The van der Waals surface area contributed by atoms with Crippen LogP contribution < -0.4 is 0 Å². The van der Waals surface area contributed by atoms with Gasteiger partial charge in [-0.1, -0.05) is 34.1 Å². The third-order valence-corrected chi connectivity index (χ3v) is 5.24. The Morgan fingerprint density at radius 2 is 1.43 bits per heavy atom. The van der Waals surface area contributed by atoms with Crippen LogP contribution in [0.5, 0.6) is 0 Å². The number of halogens is 4. The summed E-state index contributed by atoms with van der Waals surface area (Å²) >= 11 is 3.35. The summed E-state index contributed by atoms with van der Waals surface area (Å²) in [6.07, 6.45) is -4.59. The summed E-state index contributed by atoms with van der Waals surface area (Å²) < 4.78 is 40.3. The number of rotatable bonds is 2. The first-order valence-electron chi connectivity index (χ1n) is 8.69. The van der Waals surface area contributed by atoms with Crippen LogP contribution in [0.2, 0.25) is 0 Å². The van der Waals surface area contributed by atoms with E-state index in [-0.39, 0.29) is 37.6 Å². The largest absolute Gasteiger partial charge is 0.417 e. The molecule has 1 aliphatic rings. The summed E-state index contributed by atoms with van der Waals surface area (Å²) in [7, 11) is 0. The zero-order chi connectivity index (χ0) is 20.5. The molecule has 1 fully saturated rings. The highest BCUT2D eigenvalue weighted by molar-refractivity contribution is 9.10. The molecule has 0 aromatic heterocycles. The van der Waals surface area contributed by atoms with Crippen molar-refractivity contribution in [1.29, 1.82) is 0 Å². The molecule has 0 N–H and O–H groups in total. The van der Waals surface area contributed by atoms with Crippen LogP contribution in [0, 0.1) is 6.92 Å². The number of hydrogen-bond donors (Lipinski definition) is 0. The van der Waals surface area contributed by atoms with Crippen molar-refractivity contribution in [3.63, 3.8) is 0 Å². The van der Waals surface area contributed by atoms with E-state index in [9.17, 15) is 22.8 Å². The average Bonchev–Trinajstić information content (AvgIpc) is 2.68. The Bertz CT molecular complexity index is 907. The molecule has 3 rings (SSSR count). The second-order valence-corrected chi connectivity index (χ2v) is 7.50. The first kappa shape index (κ1) is 20.4. The van der Waals surface area contributed by atoms with Gasteiger partial charge < -0.3 is 9.80 Å². The lowest BCUT2D eigenvalue weighted by molar-refractivity contribution is -0.138. The molecule has 0 radical (unpaired) electrons. The average molecular weight is 455 g/mol. The highest BCUT2D eigenvalue weighted by Gasteiger charge is 2.36. The number of aryl methyl sites for hydroxylation is 1. The zero-order valence-corrected chi connectivity index (χ0v) is 16.7. The minimum Gasteiger partial charge on any atom is -0.335 e. The Kier molecular flexibility index (Phi) is 5.79. The summed E-state index contributed by atoms with van der Waals surface area (Å²) in [6, 6.07) is 10.2. The summed E-state index contributed by atoms with van der Waals surface area (Å²) in [5.74, 6) is -0.819. The Morgan fingerprint density at radius 3 is 2.00 bits per heavy atom. The second-order valence-electron chi connectivity index (χ2n) is 6.59. The third kappa shape index (κ3) is 4.22. The topological polar surface area (TPSA) is 40.6 Å². The molecule has 2 aromatic carbocycles. The minimum absolute atomic E-state index is 0.151. The lowest BCUT2D eigenvalue weighted by Gasteiger charge is -2.35. The van der Waals surface area contributed by atoms with Gasteiger partial charge in [0.25, 0.3) is 11.8 Å². The fourth-order valence-corrected chi connectivity index (χ4v) is 3.56. The molecule has 0 aliphatic carbocycles. The van der Waals surface area contributed by atoms with Crippen molar-refractivity contribution in [1.82, 2.24) is 9.80 Å². The van der Waals surface area contributed by atoms with Gasteiger partial charge in [0.15, 0.2) is 0 Å². The standard InChI is InChI=1S/C20H18BrF3N2O2/c1-13-6-7-14(21)12-16(13)19(28)26-10-8-25(9-11-26)18(27)15-4-2-3-5-17(15)20(22,23)24/h2-7,12H,8-11H2,1H3. The van der Waals surface area contributed by atoms with Gasteiger partial charge in [-0.2, -0.15) is 13.2 Å². The molecule has 1 aliphatic heterocycles. The highest BCUT2D eigenvalue weighted by Crippen LogP contribution is 2.32.